The summed E-state index contributed by atoms with van der Waals surface area (Å²) in [5.74, 6) is -0.934. The SMILES string of the molecule is CCOC(=O)c1cc(-c2ccc(OC(F)(F)F)cc2)cnc1N. The molecule has 0 aliphatic carbocycles. The van der Waals surface area contributed by atoms with Gasteiger partial charge in [0, 0.05) is 11.8 Å². The molecule has 0 aliphatic rings. The molecular weight excluding hydrogens is 313 g/mol. The number of benzene rings is 1. The zero-order valence-corrected chi connectivity index (χ0v) is 12.1. The molecule has 1 heterocycles. The summed E-state index contributed by atoms with van der Waals surface area (Å²) < 4.78 is 45.0. The Morgan fingerprint density at radius 1 is 1.22 bits per heavy atom. The van der Waals surface area contributed by atoms with Crippen molar-refractivity contribution in [2.45, 2.75) is 13.3 Å². The summed E-state index contributed by atoms with van der Waals surface area (Å²) >= 11 is 0. The van der Waals surface area contributed by atoms with Crippen molar-refractivity contribution in [3.63, 3.8) is 0 Å². The highest BCUT2D eigenvalue weighted by Crippen LogP contribution is 2.27. The van der Waals surface area contributed by atoms with E-state index in [1.807, 2.05) is 0 Å². The van der Waals surface area contributed by atoms with Gasteiger partial charge in [0.15, 0.2) is 0 Å². The van der Waals surface area contributed by atoms with E-state index in [1.54, 1.807) is 6.92 Å². The standard InChI is InChI=1S/C15H13F3N2O3/c1-2-22-14(21)12-7-10(8-20-13(12)19)9-3-5-11(6-4-9)23-15(16,17)18/h3-8H,2H2,1H3,(H2,19,20). The zero-order valence-electron chi connectivity index (χ0n) is 12.1. The number of aromatic nitrogens is 1. The van der Waals surface area contributed by atoms with Gasteiger partial charge in [-0.2, -0.15) is 0 Å². The molecule has 2 N–H and O–H groups in total. The number of carbonyl (C=O) groups is 1. The van der Waals surface area contributed by atoms with E-state index >= 15 is 0 Å². The highest BCUT2D eigenvalue weighted by atomic mass is 19.4. The molecule has 1 aromatic carbocycles. The zero-order chi connectivity index (χ0) is 17.0. The molecule has 0 aliphatic heterocycles. The number of esters is 1. The molecule has 2 aromatic rings. The fourth-order valence-electron chi connectivity index (χ4n) is 1.85. The Balaban J connectivity index is 2.28. The lowest BCUT2D eigenvalue weighted by molar-refractivity contribution is -0.274. The first kappa shape index (κ1) is 16.6. The topological polar surface area (TPSA) is 74.4 Å². The number of halogens is 3. The van der Waals surface area contributed by atoms with E-state index < -0.39 is 12.3 Å². The van der Waals surface area contributed by atoms with Gasteiger partial charge in [-0.15, -0.1) is 13.2 Å². The lowest BCUT2D eigenvalue weighted by Gasteiger charge is -2.10. The number of nitrogen functional groups attached to an aromatic ring is 1. The molecule has 0 atom stereocenters. The average Bonchev–Trinajstić information content (AvgIpc) is 2.47. The molecule has 122 valence electrons. The number of hydrogen-bond acceptors (Lipinski definition) is 5. The third kappa shape index (κ3) is 4.35. The Morgan fingerprint density at radius 2 is 1.87 bits per heavy atom. The summed E-state index contributed by atoms with van der Waals surface area (Å²) in [6, 6.07) is 6.65. The Hall–Kier alpha value is -2.77. The van der Waals surface area contributed by atoms with Gasteiger partial charge < -0.3 is 15.2 Å². The van der Waals surface area contributed by atoms with Crippen molar-refractivity contribution < 1.29 is 27.4 Å². The maximum atomic E-state index is 12.1. The first-order chi connectivity index (χ1) is 10.8. The molecule has 0 unspecified atom stereocenters. The van der Waals surface area contributed by atoms with Gasteiger partial charge >= 0.3 is 12.3 Å². The maximum absolute atomic E-state index is 12.1. The minimum atomic E-state index is -4.75. The first-order valence-electron chi connectivity index (χ1n) is 6.59. The van der Waals surface area contributed by atoms with Crippen LogP contribution in [-0.4, -0.2) is 23.9 Å². The lowest BCUT2D eigenvalue weighted by atomic mass is 10.1. The fourth-order valence-corrected chi connectivity index (χ4v) is 1.85. The van der Waals surface area contributed by atoms with Crippen molar-refractivity contribution in [1.82, 2.24) is 4.98 Å². The van der Waals surface area contributed by atoms with Crippen LogP contribution < -0.4 is 10.5 Å². The Labute approximate surface area is 129 Å². The Morgan fingerprint density at radius 3 is 2.43 bits per heavy atom. The minimum Gasteiger partial charge on any atom is -0.462 e. The van der Waals surface area contributed by atoms with Gasteiger partial charge in [-0.25, -0.2) is 9.78 Å². The van der Waals surface area contributed by atoms with E-state index in [2.05, 4.69) is 9.72 Å². The minimum absolute atomic E-state index is 0.0178. The largest absolute Gasteiger partial charge is 0.573 e. The molecular formula is C15H13F3N2O3. The van der Waals surface area contributed by atoms with E-state index in [4.69, 9.17) is 10.5 Å². The molecule has 0 amide bonds. The third-order valence-electron chi connectivity index (χ3n) is 2.84. The van der Waals surface area contributed by atoms with Crippen LogP contribution in [0.1, 0.15) is 17.3 Å². The molecule has 5 nitrogen and oxygen atoms in total. The summed E-state index contributed by atoms with van der Waals surface area (Å²) in [6.45, 7) is 1.84. The van der Waals surface area contributed by atoms with E-state index in [0.29, 0.717) is 11.1 Å². The van der Waals surface area contributed by atoms with Crippen LogP contribution >= 0.6 is 0 Å². The van der Waals surface area contributed by atoms with Crippen molar-refractivity contribution in [3.8, 4) is 16.9 Å². The number of pyridine rings is 1. The van der Waals surface area contributed by atoms with Gasteiger partial charge in [-0.1, -0.05) is 12.1 Å². The smallest absolute Gasteiger partial charge is 0.462 e. The Bertz CT molecular complexity index is 700. The summed E-state index contributed by atoms with van der Waals surface area (Å²) in [6.07, 6.45) is -3.33. The molecule has 2 rings (SSSR count). The number of carbonyl (C=O) groups excluding carboxylic acids is 1. The summed E-state index contributed by atoms with van der Waals surface area (Å²) in [7, 11) is 0. The molecule has 0 bridgehead atoms. The molecule has 0 saturated carbocycles. The number of rotatable bonds is 4. The highest BCUT2D eigenvalue weighted by Gasteiger charge is 2.30. The summed E-state index contributed by atoms with van der Waals surface area (Å²) in [5.41, 5.74) is 6.80. The van der Waals surface area contributed by atoms with Gasteiger partial charge in [0.25, 0.3) is 0 Å². The average molecular weight is 326 g/mol. The molecule has 1 aromatic heterocycles. The maximum Gasteiger partial charge on any atom is 0.573 e. The van der Waals surface area contributed by atoms with Crippen LogP contribution in [0.4, 0.5) is 19.0 Å². The first-order valence-corrected chi connectivity index (χ1v) is 6.59. The molecule has 23 heavy (non-hydrogen) atoms. The number of ether oxygens (including phenoxy) is 2. The highest BCUT2D eigenvalue weighted by molar-refractivity contribution is 5.95. The molecule has 0 spiro atoms. The van der Waals surface area contributed by atoms with Crippen LogP contribution in [-0.2, 0) is 4.74 Å². The van der Waals surface area contributed by atoms with Crippen molar-refractivity contribution in [2.75, 3.05) is 12.3 Å². The second-order valence-corrected chi connectivity index (χ2v) is 4.45. The predicted molar refractivity (Wildman–Crippen MR) is 76.7 cm³/mol. The Kier molecular flexibility index (Phi) is 4.73. The third-order valence-corrected chi connectivity index (χ3v) is 2.84. The molecule has 8 heteroatoms. The molecule has 0 saturated heterocycles. The summed E-state index contributed by atoms with van der Waals surface area (Å²) in [5, 5.41) is 0. The van der Waals surface area contributed by atoms with Crippen LogP contribution in [0, 0.1) is 0 Å². The quantitative estimate of drug-likeness (QED) is 0.872. The monoisotopic (exact) mass is 326 g/mol. The van der Waals surface area contributed by atoms with Gasteiger partial charge in [0.05, 0.1) is 6.61 Å². The number of alkyl halides is 3. The number of anilines is 1. The van der Waals surface area contributed by atoms with Crippen LogP contribution in [0.15, 0.2) is 36.5 Å². The van der Waals surface area contributed by atoms with Gasteiger partial charge in [-0.3, -0.25) is 0 Å². The fraction of sp³-hybridized carbons (Fsp3) is 0.200. The van der Waals surface area contributed by atoms with Crippen molar-refractivity contribution in [3.05, 3.63) is 42.1 Å². The van der Waals surface area contributed by atoms with Crippen LogP contribution in [0.2, 0.25) is 0 Å². The second kappa shape index (κ2) is 6.55. The van der Waals surface area contributed by atoms with Crippen LogP contribution in [0.5, 0.6) is 5.75 Å². The van der Waals surface area contributed by atoms with Crippen molar-refractivity contribution in [2.24, 2.45) is 0 Å². The number of nitrogens with zero attached hydrogens (tertiary/aromatic N) is 1. The summed E-state index contributed by atoms with van der Waals surface area (Å²) in [4.78, 5) is 15.7. The molecule has 0 fully saturated rings. The lowest BCUT2D eigenvalue weighted by Crippen LogP contribution is -2.16. The van der Waals surface area contributed by atoms with Crippen LogP contribution in [0.3, 0.4) is 0 Å². The van der Waals surface area contributed by atoms with E-state index in [1.165, 1.54) is 36.5 Å². The van der Waals surface area contributed by atoms with Gasteiger partial charge in [-0.05, 0) is 30.7 Å². The number of hydrogen-bond donors (Lipinski definition) is 1. The van der Waals surface area contributed by atoms with Crippen molar-refractivity contribution >= 4 is 11.8 Å². The van der Waals surface area contributed by atoms with E-state index in [9.17, 15) is 18.0 Å². The van der Waals surface area contributed by atoms with E-state index in [0.717, 1.165) is 0 Å². The van der Waals surface area contributed by atoms with Gasteiger partial charge in [0.2, 0.25) is 0 Å². The normalized spacial score (nSPS) is 11.1. The number of nitrogens with two attached hydrogens (primary N) is 1. The van der Waals surface area contributed by atoms with E-state index in [-0.39, 0.29) is 23.7 Å². The predicted octanol–water partition coefficient (Wildman–Crippen LogP) is 3.41. The van der Waals surface area contributed by atoms with Crippen molar-refractivity contribution in [1.29, 1.82) is 0 Å². The molecule has 0 radical (unpaired) electrons. The van der Waals surface area contributed by atoms with Gasteiger partial charge in [0.1, 0.15) is 17.1 Å². The second-order valence-electron chi connectivity index (χ2n) is 4.45. The van der Waals surface area contributed by atoms with Crippen LogP contribution in [0.25, 0.3) is 11.1 Å².